The first kappa shape index (κ1) is 22.4. The minimum atomic E-state index is 0. The maximum Gasteiger partial charge on any atom is 0.123 e. The van der Waals surface area contributed by atoms with E-state index >= 15 is 0 Å². The molecule has 1 aromatic carbocycles. The standard InChI is InChI=1S/C7H8S.C5H6NO.CH3.H2O.Os/c1-6-2-4-7(8)5-3-6;1-2-5-3-4-7-6-5;;;/h2-5,8H,1H3;3-4H,1-2H2;1H3;1H2;/q;2*-1;;/p-1. The Morgan fingerprint density at radius 3 is 2.06 bits per heavy atom. The van der Waals surface area contributed by atoms with E-state index in [9.17, 15) is 0 Å². The molecule has 5 heteroatoms. The second kappa shape index (κ2) is 12.7. The van der Waals surface area contributed by atoms with Gasteiger partial charge in [-0.05, 0) is 13.0 Å². The number of benzene rings is 1. The normalized spacial score (nSPS) is 7.67. The predicted octanol–water partition coefficient (Wildman–Crippen LogP) is 2.58. The average molecular weight is 443 g/mol. The zero-order valence-electron chi connectivity index (χ0n) is 10.5. The van der Waals surface area contributed by atoms with Crippen molar-refractivity contribution in [2.24, 2.45) is 0 Å². The summed E-state index contributed by atoms with van der Waals surface area (Å²) >= 11 is 4.87. The van der Waals surface area contributed by atoms with Crippen LogP contribution in [-0.2, 0) is 38.8 Å². The van der Waals surface area contributed by atoms with Crippen molar-refractivity contribution >= 4 is 12.6 Å². The fraction of sp³-hybridized carbons (Fsp3) is 0.154. The molecule has 18 heavy (non-hydrogen) atoms. The van der Waals surface area contributed by atoms with Gasteiger partial charge in [-0.3, -0.25) is 0 Å². The van der Waals surface area contributed by atoms with Crippen molar-refractivity contribution < 1.29 is 29.8 Å². The Labute approximate surface area is 128 Å². The summed E-state index contributed by atoms with van der Waals surface area (Å²) in [6.07, 6.45) is 2.25. The summed E-state index contributed by atoms with van der Waals surface area (Å²) in [5.41, 5.74) is 2.17. The summed E-state index contributed by atoms with van der Waals surface area (Å²) in [6.45, 7) is 5.66. The van der Waals surface area contributed by atoms with E-state index in [4.69, 9.17) is 12.6 Å². The molecule has 2 aromatic rings. The molecule has 0 atom stereocenters. The molecule has 0 spiro atoms. The first-order valence-corrected chi connectivity index (χ1v) is 5.05. The molecular formula is C13H18NO2OsS-3. The molecule has 0 aliphatic heterocycles. The molecule has 2 N–H and O–H groups in total. The van der Waals surface area contributed by atoms with Crippen LogP contribution in [0.4, 0.5) is 0 Å². The SMILES string of the molecule is Cc1ccc([S-])cc1.O.[CH2-]Cc1ccon1.[CH3-].[Os]. The summed E-state index contributed by atoms with van der Waals surface area (Å²) < 4.78 is 4.52. The van der Waals surface area contributed by atoms with Gasteiger partial charge in [0.15, 0.2) is 0 Å². The number of hydrogen-bond donors (Lipinski definition) is 0. The van der Waals surface area contributed by atoms with E-state index in [1.54, 1.807) is 12.3 Å². The first-order valence-electron chi connectivity index (χ1n) is 4.64. The third-order valence-electron chi connectivity index (χ3n) is 1.77. The van der Waals surface area contributed by atoms with Crippen molar-refractivity contribution in [1.82, 2.24) is 5.16 Å². The Morgan fingerprint density at radius 2 is 1.78 bits per heavy atom. The zero-order valence-corrected chi connectivity index (χ0v) is 13.9. The van der Waals surface area contributed by atoms with E-state index in [2.05, 4.69) is 23.5 Å². The van der Waals surface area contributed by atoms with Gasteiger partial charge in [0.25, 0.3) is 0 Å². The molecule has 0 radical (unpaired) electrons. The van der Waals surface area contributed by atoms with Crippen LogP contribution in [0, 0.1) is 21.3 Å². The maximum atomic E-state index is 4.87. The van der Waals surface area contributed by atoms with Crippen LogP contribution in [0.5, 0.6) is 0 Å². The third-order valence-corrected chi connectivity index (χ3v) is 2.04. The smallest absolute Gasteiger partial charge is 0.123 e. The van der Waals surface area contributed by atoms with Gasteiger partial charge in [-0.15, -0.1) is 6.42 Å². The molecule has 0 bridgehead atoms. The molecule has 1 heterocycles. The number of rotatable bonds is 1. The minimum Gasteiger partial charge on any atom is -0.780 e. The Morgan fingerprint density at radius 1 is 1.22 bits per heavy atom. The Balaban J connectivity index is -0.000000215. The Kier molecular flexibility index (Phi) is 15.8. The van der Waals surface area contributed by atoms with Crippen LogP contribution in [0.25, 0.3) is 0 Å². The summed E-state index contributed by atoms with van der Waals surface area (Å²) in [4.78, 5) is 0.913. The molecule has 0 saturated carbocycles. The molecule has 0 aliphatic rings. The van der Waals surface area contributed by atoms with Crippen molar-refractivity contribution in [3.05, 3.63) is 62.2 Å². The first-order chi connectivity index (χ1) is 7.22. The topological polar surface area (TPSA) is 57.5 Å². The van der Waals surface area contributed by atoms with Gasteiger partial charge in [0.2, 0.25) is 0 Å². The van der Waals surface area contributed by atoms with E-state index in [1.165, 1.54) is 5.56 Å². The summed E-state index contributed by atoms with van der Waals surface area (Å²) in [6, 6.07) is 9.70. The van der Waals surface area contributed by atoms with Crippen molar-refractivity contribution in [2.45, 2.75) is 18.2 Å². The summed E-state index contributed by atoms with van der Waals surface area (Å²) in [7, 11) is 0. The molecule has 0 aliphatic carbocycles. The van der Waals surface area contributed by atoms with E-state index in [-0.39, 0.29) is 32.7 Å². The van der Waals surface area contributed by atoms with Gasteiger partial charge in [0, 0.05) is 19.8 Å². The number of aromatic nitrogens is 1. The quantitative estimate of drug-likeness (QED) is 0.504. The second-order valence-electron chi connectivity index (χ2n) is 3.05. The van der Waals surface area contributed by atoms with E-state index in [0.29, 0.717) is 6.42 Å². The Hall–Kier alpha value is -0.754. The van der Waals surface area contributed by atoms with Crippen LogP contribution in [0.15, 0.2) is 46.0 Å². The van der Waals surface area contributed by atoms with Crippen molar-refractivity contribution in [1.29, 1.82) is 0 Å². The number of nitrogens with zero attached hydrogens (tertiary/aromatic N) is 1. The Bertz CT molecular complexity index is 355. The molecule has 0 fully saturated rings. The average Bonchev–Trinajstić information content (AvgIpc) is 2.76. The molecule has 104 valence electrons. The van der Waals surface area contributed by atoms with E-state index < -0.39 is 0 Å². The molecule has 1 aromatic heterocycles. The van der Waals surface area contributed by atoms with Crippen LogP contribution < -0.4 is 0 Å². The van der Waals surface area contributed by atoms with Gasteiger partial charge in [-0.25, -0.2) is 0 Å². The van der Waals surface area contributed by atoms with Crippen LogP contribution in [-0.4, -0.2) is 10.6 Å². The molecule has 0 saturated heterocycles. The summed E-state index contributed by atoms with van der Waals surface area (Å²) in [5.74, 6) is 0. The molecular weight excluding hydrogens is 424 g/mol. The van der Waals surface area contributed by atoms with Crippen LogP contribution >= 0.6 is 0 Å². The van der Waals surface area contributed by atoms with Gasteiger partial charge in [0.05, 0.1) is 5.69 Å². The molecule has 2 rings (SSSR count). The molecule has 0 unspecified atom stereocenters. The van der Waals surface area contributed by atoms with Crippen LogP contribution in [0.2, 0.25) is 0 Å². The number of aryl methyl sites for hydroxylation is 1. The van der Waals surface area contributed by atoms with Gasteiger partial charge < -0.3 is 37.0 Å². The van der Waals surface area contributed by atoms with Crippen molar-refractivity contribution in [3.63, 3.8) is 0 Å². The van der Waals surface area contributed by atoms with Crippen LogP contribution in [0.3, 0.4) is 0 Å². The fourth-order valence-electron chi connectivity index (χ4n) is 0.905. The molecule has 3 nitrogen and oxygen atoms in total. The van der Waals surface area contributed by atoms with Crippen LogP contribution in [0.1, 0.15) is 11.3 Å². The zero-order chi connectivity index (χ0) is 11.1. The monoisotopic (exact) mass is 444 g/mol. The number of hydrogen-bond acceptors (Lipinski definition) is 3. The van der Waals surface area contributed by atoms with Gasteiger partial charge in [0.1, 0.15) is 6.26 Å². The largest absolute Gasteiger partial charge is 0.780 e. The minimum absolute atomic E-state index is 0. The van der Waals surface area contributed by atoms with Gasteiger partial charge >= 0.3 is 0 Å². The second-order valence-corrected chi connectivity index (χ2v) is 3.53. The van der Waals surface area contributed by atoms with Crippen molar-refractivity contribution in [3.8, 4) is 0 Å². The van der Waals surface area contributed by atoms with Gasteiger partial charge in [-0.2, -0.15) is 4.90 Å². The van der Waals surface area contributed by atoms with Crippen molar-refractivity contribution in [2.75, 3.05) is 0 Å². The van der Waals surface area contributed by atoms with E-state index in [0.717, 1.165) is 10.6 Å². The van der Waals surface area contributed by atoms with Gasteiger partial charge in [-0.1, -0.05) is 35.0 Å². The third kappa shape index (κ3) is 9.29. The fourth-order valence-corrected chi connectivity index (χ4v) is 1.04. The maximum absolute atomic E-state index is 4.87. The predicted molar refractivity (Wildman–Crippen MR) is 72.4 cm³/mol. The molecule has 0 amide bonds. The van der Waals surface area contributed by atoms with E-state index in [1.807, 2.05) is 24.3 Å². The summed E-state index contributed by atoms with van der Waals surface area (Å²) in [5, 5.41) is 3.60.